The molecule has 5 nitrogen and oxygen atoms in total. The van der Waals surface area contributed by atoms with E-state index in [1.165, 1.54) is 0 Å². The van der Waals surface area contributed by atoms with Gasteiger partial charge in [0, 0.05) is 29.3 Å². The highest BCUT2D eigenvalue weighted by molar-refractivity contribution is 14.1. The second-order valence-corrected chi connectivity index (χ2v) is 7.60. The molecule has 1 aromatic heterocycles. The minimum atomic E-state index is -5.55. The van der Waals surface area contributed by atoms with E-state index in [1.54, 1.807) is 12.3 Å². The summed E-state index contributed by atoms with van der Waals surface area (Å²) in [6.07, 6.45) is 2.76. The van der Waals surface area contributed by atoms with Crippen LogP contribution >= 0.6 is 22.6 Å². The molecular formula is C14H16F3IN2O3S. The van der Waals surface area contributed by atoms with Crippen LogP contribution in [-0.4, -0.2) is 38.1 Å². The number of hydrogen-bond acceptors (Lipinski definition) is 5. The smallest absolute Gasteiger partial charge is 0.356 e. The van der Waals surface area contributed by atoms with Gasteiger partial charge in [0.05, 0.1) is 6.10 Å². The van der Waals surface area contributed by atoms with E-state index in [-0.39, 0.29) is 12.8 Å². The Morgan fingerprint density at radius 2 is 2.04 bits per heavy atom. The molecule has 1 fully saturated rings. The van der Waals surface area contributed by atoms with Crippen LogP contribution in [0.4, 0.5) is 19.0 Å². The van der Waals surface area contributed by atoms with Gasteiger partial charge in [-0.05, 0) is 24.5 Å². The van der Waals surface area contributed by atoms with Gasteiger partial charge < -0.3 is 4.90 Å². The molecule has 0 radical (unpaired) electrons. The van der Waals surface area contributed by atoms with Crippen LogP contribution in [0.3, 0.4) is 0 Å². The quantitative estimate of drug-likeness (QED) is 0.282. The molecule has 1 aliphatic heterocycles. The first-order valence-electron chi connectivity index (χ1n) is 7.09. The van der Waals surface area contributed by atoms with Crippen molar-refractivity contribution in [2.45, 2.75) is 28.9 Å². The van der Waals surface area contributed by atoms with Crippen molar-refractivity contribution in [3.05, 3.63) is 30.0 Å². The molecule has 0 atom stereocenters. The van der Waals surface area contributed by atoms with E-state index >= 15 is 0 Å². The molecule has 0 saturated carbocycles. The zero-order valence-electron chi connectivity index (χ0n) is 12.6. The molecule has 0 aliphatic carbocycles. The van der Waals surface area contributed by atoms with Gasteiger partial charge >= 0.3 is 15.6 Å². The van der Waals surface area contributed by atoms with E-state index in [1.807, 2.05) is 11.0 Å². The van der Waals surface area contributed by atoms with Gasteiger partial charge in [-0.3, -0.25) is 4.18 Å². The summed E-state index contributed by atoms with van der Waals surface area (Å²) >= 11 is 2.21. The van der Waals surface area contributed by atoms with Crippen molar-refractivity contribution >= 4 is 44.6 Å². The lowest BCUT2D eigenvalue weighted by atomic mass is 10.1. The molecule has 24 heavy (non-hydrogen) atoms. The Bertz CT molecular complexity index is 702. The number of hydrogen-bond donors (Lipinski definition) is 0. The van der Waals surface area contributed by atoms with E-state index in [4.69, 9.17) is 0 Å². The zero-order valence-corrected chi connectivity index (χ0v) is 15.6. The van der Waals surface area contributed by atoms with Gasteiger partial charge in [0.1, 0.15) is 5.82 Å². The number of anilines is 1. The third-order valence-electron chi connectivity index (χ3n) is 3.63. The SMILES string of the molecule is C=Cc1cnc(N2CCC(OS(=O)(=O)C(F)(F)F)CC2)c(CI)c1. The Kier molecular flexibility index (Phi) is 6.13. The highest BCUT2D eigenvalue weighted by Crippen LogP contribution is 2.30. The Morgan fingerprint density at radius 3 is 2.54 bits per heavy atom. The van der Waals surface area contributed by atoms with Crippen LogP contribution < -0.4 is 4.90 Å². The lowest BCUT2D eigenvalue weighted by Crippen LogP contribution is -2.40. The molecule has 1 saturated heterocycles. The summed E-state index contributed by atoms with van der Waals surface area (Å²) in [6.45, 7) is 4.45. The molecule has 10 heteroatoms. The van der Waals surface area contributed by atoms with Crippen LogP contribution in [0.15, 0.2) is 18.8 Å². The number of aromatic nitrogens is 1. The summed E-state index contributed by atoms with van der Waals surface area (Å²) in [6, 6.07) is 1.96. The van der Waals surface area contributed by atoms with E-state index in [0.717, 1.165) is 21.4 Å². The van der Waals surface area contributed by atoms with Crippen molar-refractivity contribution in [1.82, 2.24) is 4.98 Å². The number of nitrogens with zero attached hydrogens (tertiary/aromatic N) is 2. The van der Waals surface area contributed by atoms with Crippen LogP contribution in [0.1, 0.15) is 24.0 Å². The van der Waals surface area contributed by atoms with Crippen LogP contribution in [0, 0.1) is 0 Å². The lowest BCUT2D eigenvalue weighted by molar-refractivity contribution is -0.0580. The third-order valence-corrected chi connectivity index (χ3v) is 5.55. The van der Waals surface area contributed by atoms with Gasteiger partial charge in [0.25, 0.3) is 0 Å². The molecule has 0 amide bonds. The largest absolute Gasteiger partial charge is 0.523 e. The predicted molar refractivity (Wildman–Crippen MR) is 93.3 cm³/mol. The molecule has 0 aromatic carbocycles. The zero-order chi connectivity index (χ0) is 18.0. The van der Waals surface area contributed by atoms with Crippen LogP contribution in [-0.2, 0) is 18.7 Å². The summed E-state index contributed by atoms with van der Waals surface area (Å²) in [5.74, 6) is 0.757. The average molecular weight is 476 g/mol. The molecule has 2 heterocycles. The first-order valence-corrected chi connectivity index (χ1v) is 10.0. The van der Waals surface area contributed by atoms with E-state index in [2.05, 4.69) is 38.3 Å². The predicted octanol–water partition coefficient (Wildman–Crippen LogP) is 3.49. The summed E-state index contributed by atoms with van der Waals surface area (Å²) in [4.78, 5) is 6.33. The normalized spacial score (nSPS) is 17.1. The van der Waals surface area contributed by atoms with Crippen molar-refractivity contribution in [2.24, 2.45) is 0 Å². The van der Waals surface area contributed by atoms with Gasteiger partial charge in [-0.15, -0.1) is 0 Å². The van der Waals surface area contributed by atoms with E-state index in [0.29, 0.717) is 13.1 Å². The van der Waals surface area contributed by atoms with Gasteiger partial charge in [-0.25, -0.2) is 4.98 Å². The topological polar surface area (TPSA) is 59.5 Å². The Labute approximate surface area is 152 Å². The number of piperidine rings is 1. The van der Waals surface area contributed by atoms with Crippen LogP contribution in [0.2, 0.25) is 0 Å². The third kappa shape index (κ3) is 4.39. The van der Waals surface area contributed by atoms with E-state index in [9.17, 15) is 21.6 Å². The maximum atomic E-state index is 12.4. The Balaban J connectivity index is 2.04. The second kappa shape index (κ2) is 7.56. The number of alkyl halides is 4. The summed E-state index contributed by atoms with van der Waals surface area (Å²) in [5, 5.41) is 0. The molecule has 2 rings (SSSR count). The van der Waals surface area contributed by atoms with Crippen molar-refractivity contribution in [3.8, 4) is 0 Å². The fraction of sp³-hybridized carbons (Fsp3) is 0.500. The highest BCUT2D eigenvalue weighted by atomic mass is 127. The fourth-order valence-corrected chi connectivity index (χ4v) is 3.64. The summed E-state index contributed by atoms with van der Waals surface area (Å²) in [7, 11) is -5.55. The molecule has 0 unspecified atom stereocenters. The maximum Gasteiger partial charge on any atom is 0.523 e. The first kappa shape index (κ1) is 19.4. The van der Waals surface area contributed by atoms with E-state index < -0.39 is 21.7 Å². The molecule has 0 N–H and O–H groups in total. The molecule has 134 valence electrons. The van der Waals surface area contributed by atoms with Crippen molar-refractivity contribution in [2.75, 3.05) is 18.0 Å². The molecule has 1 aliphatic rings. The van der Waals surface area contributed by atoms with Crippen LogP contribution in [0.25, 0.3) is 6.08 Å². The Morgan fingerprint density at radius 1 is 1.42 bits per heavy atom. The minimum absolute atomic E-state index is 0.181. The highest BCUT2D eigenvalue weighted by Gasteiger charge is 2.48. The second-order valence-electron chi connectivity index (χ2n) is 5.27. The standard InChI is InChI=1S/C14H16F3IN2O3S/c1-2-10-7-11(8-18)13(19-9-10)20-5-3-12(4-6-20)23-24(21,22)14(15,16)17/h2,7,9,12H,1,3-6,8H2. The molecular weight excluding hydrogens is 460 g/mol. The number of halogens is 4. The molecule has 0 bridgehead atoms. The first-order chi connectivity index (χ1) is 11.2. The van der Waals surface area contributed by atoms with Gasteiger partial charge in [0.15, 0.2) is 0 Å². The maximum absolute atomic E-state index is 12.4. The van der Waals surface area contributed by atoms with Gasteiger partial charge in [-0.2, -0.15) is 21.6 Å². The molecule has 0 spiro atoms. The fourth-order valence-electron chi connectivity index (χ4n) is 2.41. The van der Waals surface area contributed by atoms with Crippen molar-refractivity contribution in [1.29, 1.82) is 0 Å². The number of rotatable bonds is 5. The number of pyridine rings is 1. The van der Waals surface area contributed by atoms with Gasteiger partial charge in [0.2, 0.25) is 0 Å². The van der Waals surface area contributed by atoms with Crippen molar-refractivity contribution < 1.29 is 25.8 Å². The van der Waals surface area contributed by atoms with Gasteiger partial charge in [-0.1, -0.05) is 35.2 Å². The lowest BCUT2D eigenvalue weighted by Gasteiger charge is -2.33. The van der Waals surface area contributed by atoms with Crippen molar-refractivity contribution in [3.63, 3.8) is 0 Å². The Hall–Kier alpha value is -0.880. The summed E-state index contributed by atoms with van der Waals surface area (Å²) in [5.41, 5.74) is -3.50. The minimum Gasteiger partial charge on any atom is -0.356 e. The average Bonchev–Trinajstić information content (AvgIpc) is 2.53. The summed E-state index contributed by atoms with van der Waals surface area (Å²) < 4.78 is 64.2. The molecule has 1 aromatic rings. The monoisotopic (exact) mass is 476 g/mol. The van der Waals surface area contributed by atoms with Crippen LogP contribution in [0.5, 0.6) is 0 Å².